The van der Waals surface area contributed by atoms with Crippen molar-refractivity contribution in [1.82, 2.24) is 10.2 Å². The minimum absolute atomic E-state index is 0.674. The van der Waals surface area contributed by atoms with Crippen LogP contribution in [0, 0.1) is 20.8 Å². The Balaban J connectivity index is 2.70. The lowest BCUT2D eigenvalue weighted by atomic mass is 10.0. The van der Waals surface area contributed by atoms with Gasteiger partial charge in [0, 0.05) is 5.56 Å². The third-order valence-electron chi connectivity index (χ3n) is 2.87. The molecule has 4 heteroatoms. The Labute approximate surface area is 101 Å². The molecule has 0 fully saturated rings. The summed E-state index contributed by atoms with van der Waals surface area (Å²) in [5.74, 6) is 0.828. The lowest BCUT2D eigenvalue weighted by Gasteiger charge is -2.11. The third-order valence-corrected chi connectivity index (χ3v) is 2.87. The fourth-order valence-corrected chi connectivity index (χ4v) is 2.04. The van der Waals surface area contributed by atoms with Crippen LogP contribution in [0.4, 0.5) is 5.69 Å². The molecule has 2 rings (SSSR count). The normalized spacial score (nSPS) is 10.6. The first-order valence-corrected chi connectivity index (χ1v) is 5.50. The maximum atomic E-state index is 6.01. The molecule has 4 nitrogen and oxygen atoms in total. The fraction of sp³-hybridized carbons (Fsp3) is 0.308. The van der Waals surface area contributed by atoms with Gasteiger partial charge in [-0.15, -0.1) is 0 Å². The molecule has 1 aromatic heterocycles. The molecule has 1 heterocycles. The van der Waals surface area contributed by atoms with Crippen LogP contribution in [-0.2, 0) is 0 Å². The van der Waals surface area contributed by atoms with Crippen molar-refractivity contribution in [3.05, 3.63) is 29.0 Å². The minimum Gasteiger partial charge on any atom is -0.496 e. The average molecular weight is 231 g/mol. The van der Waals surface area contributed by atoms with Crippen molar-refractivity contribution in [3.63, 3.8) is 0 Å². The maximum Gasteiger partial charge on any atom is 0.131 e. The number of H-pyrrole nitrogens is 1. The van der Waals surface area contributed by atoms with Gasteiger partial charge in [0.15, 0.2) is 0 Å². The number of nitrogens with two attached hydrogens (primary N) is 1. The van der Waals surface area contributed by atoms with E-state index in [2.05, 4.69) is 16.3 Å². The van der Waals surface area contributed by atoms with E-state index < -0.39 is 0 Å². The Morgan fingerprint density at radius 1 is 1.24 bits per heavy atom. The molecular formula is C13H17N3O. The smallest absolute Gasteiger partial charge is 0.131 e. The van der Waals surface area contributed by atoms with Gasteiger partial charge in [0.25, 0.3) is 0 Å². The summed E-state index contributed by atoms with van der Waals surface area (Å²) in [6.07, 6.45) is 0. The monoisotopic (exact) mass is 231 g/mol. The Kier molecular flexibility index (Phi) is 2.79. The molecule has 0 saturated carbocycles. The SMILES string of the molecule is COc1c(C)cc(C)cc1-c1n[nH]c(C)c1N. The summed E-state index contributed by atoms with van der Waals surface area (Å²) in [7, 11) is 1.66. The minimum atomic E-state index is 0.674. The number of anilines is 1. The van der Waals surface area contributed by atoms with Crippen LogP contribution in [0.5, 0.6) is 5.75 Å². The molecule has 0 saturated heterocycles. The van der Waals surface area contributed by atoms with Gasteiger partial charge in [-0.05, 0) is 38.0 Å². The fourth-order valence-electron chi connectivity index (χ4n) is 2.04. The van der Waals surface area contributed by atoms with E-state index in [-0.39, 0.29) is 0 Å². The number of ether oxygens (including phenoxy) is 1. The number of nitrogen functional groups attached to an aromatic ring is 1. The molecular weight excluding hydrogens is 214 g/mol. The molecule has 2 aromatic rings. The van der Waals surface area contributed by atoms with Crippen molar-refractivity contribution in [1.29, 1.82) is 0 Å². The van der Waals surface area contributed by atoms with Gasteiger partial charge >= 0.3 is 0 Å². The highest BCUT2D eigenvalue weighted by Gasteiger charge is 2.15. The van der Waals surface area contributed by atoms with E-state index in [0.717, 1.165) is 28.3 Å². The summed E-state index contributed by atoms with van der Waals surface area (Å²) in [5, 5.41) is 7.14. The Morgan fingerprint density at radius 3 is 2.47 bits per heavy atom. The molecule has 0 atom stereocenters. The van der Waals surface area contributed by atoms with Crippen LogP contribution in [-0.4, -0.2) is 17.3 Å². The van der Waals surface area contributed by atoms with Crippen LogP contribution in [0.2, 0.25) is 0 Å². The highest BCUT2D eigenvalue weighted by molar-refractivity contribution is 5.79. The van der Waals surface area contributed by atoms with Gasteiger partial charge in [-0.3, -0.25) is 5.10 Å². The van der Waals surface area contributed by atoms with Crippen LogP contribution < -0.4 is 10.5 Å². The molecule has 0 amide bonds. The summed E-state index contributed by atoms with van der Waals surface area (Å²) in [6.45, 7) is 5.97. The van der Waals surface area contributed by atoms with Gasteiger partial charge in [-0.25, -0.2) is 0 Å². The molecule has 0 unspecified atom stereocenters. The van der Waals surface area contributed by atoms with Crippen LogP contribution >= 0.6 is 0 Å². The van der Waals surface area contributed by atoms with Gasteiger partial charge < -0.3 is 10.5 Å². The molecule has 0 aliphatic carbocycles. The standard InChI is InChI=1S/C13H17N3O/c1-7-5-8(2)13(17-4)10(6-7)12-11(14)9(3)15-16-12/h5-6H,14H2,1-4H3,(H,15,16). The summed E-state index contributed by atoms with van der Waals surface area (Å²) in [5.41, 5.74) is 11.5. The third kappa shape index (κ3) is 1.86. The van der Waals surface area contributed by atoms with Gasteiger partial charge in [0.2, 0.25) is 0 Å². The Bertz CT molecular complexity index is 558. The number of methoxy groups -OCH3 is 1. The van der Waals surface area contributed by atoms with Crippen molar-refractivity contribution in [3.8, 4) is 17.0 Å². The second-order valence-corrected chi connectivity index (χ2v) is 4.27. The first kappa shape index (κ1) is 11.5. The molecule has 3 N–H and O–H groups in total. The summed E-state index contributed by atoms with van der Waals surface area (Å²) in [4.78, 5) is 0. The van der Waals surface area contributed by atoms with Crippen molar-refractivity contribution < 1.29 is 4.74 Å². The zero-order valence-corrected chi connectivity index (χ0v) is 10.6. The van der Waals surface area contributed by atoms with E-state index in [1.807, 2.05) is 26.8 Å². The predicted octanol–water partition coefficient (Wildman–Crippen LogP) is 2.59. The highest BCUT2D eigenvalue weighted by Crippen LogP contribution is 2.36. The number of hydrogen-bond donors (Lipinski definition) is 2. The van der Waals surface area contributed by atoms with Gasteiger partial charge in [0.05, 0.1) is 18.5 Å². The quantitative estimate of drug-likeness (QED) is 0.835. The van der Waals surface area contributed by atoms with Crippen LogP contribution in [0.1, 0.15) is 16.8 Å². The van der Waals surface area contributed by atoms with Crippen LogP contribution in [0.25, 0.3) is 11.3 Å². The van der Waals surface area contributed by atoms with Crippen LogP contribution in [0.15, 0.2) is 12.1 Å². The second kappa shape index (κ2) is 4.13. The Hall–Kier alpha value is -1.97. The molecule has 1 aromatic carbocycles. The van der Waals surface area contributed by atoms with E-state index >= 15 is 0 Å². The van der Waals surface area contributed by atoms with E-state index in [0.29, 0.717) is 5.69 Å². The number of nitrogens with zero attached hydrogens (tertiary/aromatic N) is 1. The number of nitrogens with one attached hydrogen (secondary N) is 1. The largest absolute Gasteiger partial charge is 0.496 e. The number of aromatic amines is 1. The topological polar surface area (TPSA) is 63.9 Å². The number of rotatable bonds is 2. The molecule has 90 valence electrons. The van der Waals surface area contributed by atoms with Crippen molar-refractivity contribution in [2.75, 3.05) is 12.8 Å². The lowest BCUT2D eigenvalue weighted by molar-refractivity contribution is 0.413. The summed E-state index contributed by atoms with van der Waals surface area (Å²) < 4.78 is 5.44. The van der Waals surface area contributed by atoms with Crippen molar-refractivity contribution in [2.24, 2.45) is 0 Å². The first-order valence-electron chi connectivity index (χ1n) is 5.50. The van der Waals surface area contributed by atoms with Gasteiger partial charge in [0.1, 0.15) is 11.4 Å². The zero-order valence-electron chi connectivity index (χ0n) is 10.6. The highest BCUT2D eigenvalue weighted by atomic mass is 16.5. The second-order valence-electron chi connectivity index (χ2n) is 4.27. The van der Waals surface area contributed by atoms with E-state index in [1.165, 1.54) is 5.56 Å². The number of benzene rings is 1. The molecule has 0 bridgehead atoms. The van der Waals surface area contributed by atoms with Crippen LogP contribution in [0.3, 0.4) is 0 Å². The predicted molar refractivity (Wildman–Crippen MR) is 69.2 cm³/mol. The zero-order chi connectivity index (χ0) is 12.6. The molecule has 0 radical (unpaired) electrons. The van der Waals surface area contributed by atoms with E-state index in [9.17, 15) is 0 Å². The number of aryl methyl sites for hydroxylation is 3. The maximum absolute atomic E-state index is 6.01. The summed E-state index contributed by atoms with van der Waals surface area (Å²) in [6, 6.07) is 4.12. The average Bonchev–Trinajstić information content (AvgIpc) is 2.59. The molecule has 0 spiro atoms. The molecule has 0 aliphatic rings. The van der Waals surface area contributed by atoms with Gasteiger partial charge in [-0.2, -0.15) is 5.10 Å². The van der Waals surface area contributed by atoms with E-state index in [1.54, 1.807) is 7.11 Å². The summed E-state index contributed by atoms with van der Waals surface area (Å²) >= 11 is 0. The number of aromatic nitrogens is 2. The Morgan fingerprint density at radius 2 is 1.94 bits per heavy atom. The lowest BCUT2D eigenvalue weighted by Crippen LogP contribution is -1.95. The van der Waals surface area contributed by atoms with Gasteiger partial charge in [-0.1, -0.05) is 6.07 Å². The number of hydrogen-bond acceptors (Lipinski definition) is 3. The van der Waals surface area contributed by atoms with Crippen molar-refractivity contribution >= 4 is 5.69 Å². The first-order chi connectivity index (χ1) is 8.04. The molecule has 0 aliphatic heterocycles. The molecule has 17 heavy (non-hydrogen) atoms. The van der Waals surface area contributed by atoms with Crippen molar-refractivity contribution in [2.45, 2.75) is 20.8 Å². The van der Waals surface area contributed by atoms with E-state index in [4.69, 9.17) is 10.5 Å².